The van der Waals surface area contributed by atoms with Crippen molar-refractivity contribution in [2.24, 2.45) is 0 Å². The first-order chi connectivity index (χ1) is 11.2. The smallest absolute Gasteiger partial charge is 0.124 e. The molecular formula is C21H32FN. The molecule has 0 unspecified atom stereocenters. The molecule has 0 bridgehead atoms. The molecule has 1 heterocycles. The quantitative estimate of drug-likeness (QED) is 0.466. The van der Waals surface area contributed by atoms with Crippen LogP contribution >= 0.6 is 0 Å². The SMILES string of the molecule is CC.CC.CC1=CCCCC1.Cc1cc(F)cc2cccnc12. The van der Waals surface area contributed by atoms with E-state index < -0.39 is 0 Å². The number of nitrogens with zero attached hydrogens (tertiary/aromatic N) is 1. The summed E-state index contributed by atoms with van der Waals surface area (Å²) in [5.41, 5.74) is 3.34. The molecule has 0 N–H and O–H groups in total. The Morgan fingerprint density at radius 1 is 1.00 bits per heavy atom. The zero-order valence-corrected chi connectivity index (χ0v) is 15.6. The monoisotopic (exact) mass is 317 g/mol. The van der Waals surface area contributed by atoms with Gasteiger partial charge in [-0.2, -0.15) is 0 Å². The average molecular weight is 317 g/mol. The summed E-state index contributed by atoms with van der Waals surface area (Å²) in [7, 11) is 0. The van der Waals surface area contributed by atoms with E-state index in [-0.39, 0.29) is 5.82 Å². The fourth-order valence-corrected chi connectivity index (χ4v) is 2.33. The van der Waals surface area contributed by atoms with Gasteiger partial charge in [-0.3, -0.25) is 4.98 Å². The van der Waals surface area contributed by atoms with Gasteiger partial charge in [0, 0.05) is 11.6 Å². The summed E-state index contributed by atoms with van der Waals surface area (Å²) in [4.78, 5) is 4.16. The minimum Gasteiger partial charge on any atom is -0.256 e. The minimum atomic E-state index is -0.201. The van der Waals surface area contributed by atoms with Crippen molar-refractivity contribution in [1.82, 2.24) is 4.98 Å². The van der Waals surface area contributed by atoms with E-state index in [2.05, 4.69) is 18.0 Å². The lowest BCUT2D eigenvalue weighted by molar-refractivity contribution is 0.628. The van der Waals surface area contributed by atoms with Crippen LogP contribution in [-0.2, 0) is 0 Å². The van der Waals surface area contributed by atoms with E-state index in [0.29, 0.717) is 0 Å². The number of aromatic nitrogens is 1. The molecule has 0 atom stereocenters. The van der Waals surface area contributed by atoms with Crippen LogP contribution in [0.5, 0.6) is 0 Å². The summed E-state index contributed by atoms with van der Waals surface area (Å²) in [5, 5.41) is 0.856. The van der Waals surface area contributed by atoms with Crippen molar-refractivity contribution in [1.29, 1.82) is 0 Å². The number of benzene rings is 1. The first-order valence-electron chi connectivity index (χ1n) is 8.83. The number of pyridine rings is 1. The van der Waals surface area contributed by atoms with Crippen LogP contribution in [0.2, 0.25) is 0 Å². The number of hydrogen-bond acceptors (Lipinski definition) is 1. The predicted molar refractivity (Wildman–Crippen MR) is 101 cm³/mol. The number of halogens is 1. The molecule has 0 saturated carbocycles. The van der Waals surface area contributed by atoms with Gasteiger partial charge in [-0.05, 0) is 63.3 Å². The Hall–Kier alpha value is -1.70. The molecule has 1 aromatic heterocycles. The van der Waals surface area contributed by atoms with Crippen LogP contribution in [0.4, 0.5) is 4.39 Å². The molecule has 1 aromatic carbocycles. The van der Waals surface area contributed by atoms with Crippen LogP contribution in [0, 0.1) is 12.7 Å². The second kappa shape index (κ2) is 12.8. The van der Waals surface area contributed by atoms with E-state index >= 15 is 0 Å². The van der Waals surface area contributed by atoms with Gasteiger partial charge in [-0.1, -0.05) is 45.4 Å². The highest BCUT2D eigenvalue weighted by atomic mass is 19.1. The lowest BCUT2D eigenvalue weighted by Crippen LogP contribution is -1.85. The zero-order chi connectivity index (χ0) is 17.7. The van der Waals surface area contributed by atoms with Gasteiger partial charge in [0.25, 0.3) is 0 Å². The van der Waals surface area contributed by atoms with E-state index in [1.54, 1.807) is 17.8 Å². The Bertz CT molecular complexity index is 587. The third kappa shape index (κ3) is 7.92. The number of aryl methyl sites for hydroxylation is 1. The molecule has 0 aliphatic heterocycles. The highest BCUT2D eigenvalue weighted by Crippen LogP contribution is 2.17. The predicted octanol–water partition coefficient (Wildman–Crippen LogP) is 7.24. The molecule has 128 valence electrons. The third-order valence-electron chi connectivity index (χ3n) is 3.38. The second-order valence-electron chi connectivity index (χ2n) is 5.09. The summed E-state index contributed by atoms with van der Waals surface area (Å²) in [6.45, 7) is 12.1. The number of fused-ring (bicyclic) bond motifs is 1. The molecule has 3 rings (SSSR count). The van der Waals surface area contributed by atoms with Crippen LogP contribution in [0.15, 0.2) is 42.1 Å². The van der Waals surface area contributed by atoms with Crippen LogP contribution in [0.25, 0.3) is 10.9 Å². The zero-order valence-electron chi connectivity index (χ0n) is 15.6. The van der Waals surface area contributed by atoms with Gasteiger partial charge < -0.3 is 0 Å². The van der Waals surface area contributed by atoms with Crippen molar-refractivity contribution in [3.63, 3.8) is 0 Å². The van der Waals surface area contributed by atoms with E-state index in [9.17, 15) is 4.39 Å². The molecule has 0 radical (unpaired) electrons. The van der Waals surface area contributed by atoms with Crippen LogP contribution in [-0.4, -0.2) is 4.98 Å². The molecule has 0 saturated heterocycles. The molecule has 1 aliphatic rings. The summed E-state index contributed by atoms with van der Waals surface area (Å²) in [6.07, 6.45) is 9.57. The van der Waals surface area contributed by atoms with Gasteiger partial charge in [-0.25, -0.2) is 4.39 Å². The van der Waals surface area contributed by atoms with Crippen molar-refractivity contribution >= 4 is 10.9 Å². The maximum Gasteiger partial charge on any atom is 0.124 e. The van der Waals surface area contributed by atoms with Gasteiger partial charge >= 0.3 is 0 Å². The third-order valence-corrected chi connectivity index (χ3v) is 3.38. The van der Waals surface area contributed by atoms with Crippen molar-refractivity contribution in [2.45, 2.75) is 67.2 Å². The van der Waals surface area contributed by atoms with E-state index in [1.807, 2.05) is 40.7 Å². The largest absolute Gasteiger partial charge is 0.256 e. The topological polar surface area (TPSA) is 12.9 Å². The summed E-state index contributed by atoms with van der Waals surface area (Å²) < 4.78 is 12.9. The summed E-state index contributed by atoms with van der Waals surface area (Å²) in [5.74, 6) is -0.201. The van der Waals surface area contributed by atoms with Crippen molar-refractivity contribution < 1.29 is 4.39 Å². The molecular weight excluding hydrogens is 285 g/mol. The first-order valence-corrected chi connectivity index (χ1v) is 8.83. The molecule has 0 spiro atoms. The Balaban J connectivity index is 0.000000377. The molecule has 0 fully saturated rings. The molecule has 0 amide bonds. The van der Waals surface area contributed by atoms with Gasteiger partial charge in [0.2, 0.25) is 0 Å². The Labute approximate surface area is 141 Å². The number of rotatable bonds is 0. The van der Waals surface area contributed by atoms with E-state index in [4.69, 9.17) is 0 Å². The standard InChI is InChI=1S/C10H8FN.C7H12.2C2H6/c1-7-5-9(11)6-8-3-2-4-12-10(7)8;1-7-5-3-2-4-6-7;2*1-2/h2-6H,1H3;5H,2-4,6H2,1H3;2*1-2H3. The second-order valence-corrected chi connectivity index (χ2v) is 5.09. The minimum absolute atomic E-state index is 0.201. The molecule has 2 aromatic rings. The lowest BCUT2D eigenvalue weighted by Gasteiger charge is -2.05. The average Bonchev–Trinajstić information content (AvgIpc) is 2.60. The lowest BCUT2D eigenvalue weighted by atomic mass is 10.0. The maximum absolute atomic E-state index is 12.9. The molecule has 23 heavy (non-hydrogen) atoms. The number of hydrogen-bond donors (Lipinski definition) is 0. The van der Waals surface area contributed by atoms with Crippen molar-refractivity contribution in [3.8, 4) is 0 Å². The van der Waals surface area contributed by atoms with Gasteiger partial charge in [-0.15, -0.1) is 0 Å². The Morgan fingerprint density at radius 3 is 2.22 bits per heavy atom. The van der Waals surface area contributed by atoms with Gasteiger partial charge in [0.1, 0.15) is 5.82 Å². The Kier molecular flexibility index (Phi) is 11.9. The highest BCUT2D eigenvalue weighted by Gasteiger charge is 1.99. The fraction of sp³-hybridized carbons (Fsp3) is 0.476. The molecule has 1 aliphatic carbocycles. The molecule has 1 nitrogen and oxygen atoms in total. The highest BCUT2D eigenvalue weighted by molar-refractivity contribution is 5.81. The van der Waals surface area contributed by atoms with E-state index in [1.165, 1.54) is 37.8 Å². The maximum atomic E-state index is 12.9. The van der Waals surface area contributed by atoms with E-state index in [0.717, 1.165) is 16.5 Å². The van der Waals surface area contributed by atoms with Crippen LogP contribution in [0.3, 0.4) is 0 Å². The normalized spacial score (nSPS) is 12.6. The number of allylic oxidation sites excluding steroid dienone is 2. The fourth-order valence-electron chi connectivity index (χ4n) is 2.33. The van der Waals surface area contributed by atoms with Crippen LogP contribution in [0.1, 0.15) is 65.9 Å². The van der Waals surface area contributed by atoms with Crippen molar-refractivity contribution in [2.75, 3.05) is 0 Å². The van der Waals surface area contributed by atoms with Gasteiger partial charge in [0.05, 0.1) is 5.52 Å². The summed E-state index contributed by atoms with van der Waals surface area (Å²) in [6, 6.07) is 6.66. The van der Waals surface area contributed by atoms with Crippen molar-refractivity contribution in [3.05, 3.63) is 53.5 Å². The van der Waals surface area contributed by atoms with Gasteiger partial charge in [0.15, 0.2) is 0 Å². The van der Waals surface area contributed by atoms with Crippen LogP contribution < -0.4 is 0 Å². The summed E-state index contributed by atoms with van der Waals surface area (Å²) >= 11 is 0. The molecule has 2 heteroatoms. The Morgan fingerprint density at radius 2 is 1.70 bits per heavy atom. The first kappa shape index (κ1) is 21.3.